The lowest BCUT2D eigenvalue weighted by Crippen LogP contribution is -2.23. The monoisotopic (exact) mass is 397 g/mol. The quantitative estimate of drug-likeness (QED) is 0.509. The first-order valence-corrected chi connectivity index (χ1v) is 9.76. The molecule has 2 aromatic heterocycles. The average molecular weight is 397 g/mol. The van der Waals surface area contributed by atoms with Crippen LogP contribution in [0.5, 0.6) is 5.75 Å². The van der Waals surface area contributed by atoms with Crippen LogP contribution in [0.3, 0.4) is 0 Å². The van der Waals surface area contributed by atoms with Gasteiger partial charge in [0.05, 0.1) is 18.4 Å². The van der Waals surface area contributed by atoms with E-state index in [1.54, 1.807) is 19.5 Å². The van der Waals surface area contributed by atoms with Crippen molar-refractivity contribution in [2.45, 2.75) is 13.5 Å². The molecule has 0 aliphatic carbocycles. The molecule has 1 amide bonds. The van der Waals surface area contributed by atoms with E-state index in [0.717, 1.165) is 34.0 Å². The zero-order chi connectivity index (χ0) is 20.9. The molecule has 0 fully saturated rings. The van der Waals surface area contributed by atoms with Gasteiger partial charge in [0.1, 0.15) is 5.75 Å². The largest absolute Gasteiger partial charge is 0.497 e. The number of hydrogen-bond acceptors (Lipinski definition) is 3. The Bertz CT molecular complexity index is 1150. The minimum absolute atomic E-state index is 0.116. The molecule has 0 bridgehead atoms. The Hall–Kier alpha value is -3.86. The summed E-state index contributed by atoms with van der Waals surface area (Å²) in [5.74, 6) is 0.656. The number of rotatable bonds is 6. The molecular weight excluding hydrogens is 374 g/mol. The van der Waals surface area contributed by atoms with Crippen molar-refractivity contribution in [1.82, 2.24) is 14.9 Å². The van der Waals surface area contributed by atoms with Gasteiger partial charge in [-0.1, -0.05) is 36.4 Å². The van der Waals surface area contributed by atoms with Gasteiger partial charge in [0.25, 0.3) is 5.91 Å². The summed E-state index contributed by atoms with van der Waals surface area (Å²) in [5, 5.41) is 3.01. The number of para-hydroxylation sites is 1. The van der Waals surface area contributed by atoms with E-state index in [4.69, 9.17) is 4.74 Å². The molecule has 30 heavy (non-hydrogen) atoms. The van der Waals surface area contributed by atoms with Gasteiger partial charge < -0.3 is 14.6 Å². The number of hydrogen-bond donors (Lipinski definition) is 1. The van der Waals surface area contributed by atoms with Crippen LogP contribution in [0.25, 0.3) is 16.9 Å². The van der Waals surface area contributed by atoms with Crippen molar-refractivity contribution in [3.63, 3.8) is 0 Å². The van der Waals surface area contributed by atoms with Gasteiger partial charge in [-0.05, 0) is 48.9 Å². The van der Waals surface area contributed by atoms with Crippen LogP contribution >= 0.6 is 0 Å². The molecule has 1 N–H and O–H groups in total. The number of carbonyl (C=O) groups excluding carboxylic acids is 1. The fourth-order valence-corrected chi connectivity index (χ4v) is 3.52. The smallest absolute Gasteiger partial charge is 0.253 e. The highest BCUT2D eigenvalue weighted by Gasteiger charge is 2.19. The third kappa shape index (κ3) is 3.96. The maximum absolute atomic E-state index is 13.0. The fourth-order valence-electron chi connectivity index (χ4n) is 3.52. The van der Waals surface area contributed by atoms with E-state index in [-0.39, 0.29) is 5.91 Å². The summed E-state index contributed by atoms with van der Waals surface area (Å²) >= 11 is 0. The van der Waals surface area contributed by atoms with Crippen LogP contribution in [-0.4, -0.2) is 22.6 Å². The highest BCUT2D eigenvalue weighted by atomic mass is 16.5. The van der Waals surface area contributed by atoms with E-state index in [1.807, 2.05) is 79.7 Å². The maximum Gasteiger partial charge on any atom is 0.253 e. The van der Waals surface area contributed by atoms with E-state index in [0.29, 0.717) is 12.1 Å². The van der Waals surface area contributed by atoms with E-state index in [9.17, 15) is 4.79 Å². The molecule has 0 unspecified atom stereocenters. The lowest BCUT2D eigenvalue weighted by Gasteiger charge is -2.13. The zero-order valence-electron chi connectivity index (χ0n) is 17.0. The Labute approximate surface area is 176 Å². The fraction of sp³-hybridized carbons (Fsp3) is 0.120. The molecule has 0 atom stereocenters. The van der Waals surface area contributed by atoms with Crippen molar-refractivity contribution in [3.8, 4) is 22.7 Å². The molecule has 0 radical (unpaired) electrons. The second kappa shape index (κ2) is 8.66. The number of methoxy groups -OCH3 is 1. The molecule has 0 saturated carbocycles. The van der Waals surface area contributed by atoms with Crippen LogP contribution in [0, 0.1) is 6.92 Å². The van der Waals surface area contributed by atoms with E-state index < -0.39 is 0 Å². The van der Waals surface area contributed by atoms with Crippen molar-refractivity contribution in [2.24, 2.45) is 0 Å². The van der Waals surface area contributed by atoms with E-state index in [2.05, 4.69) is 14.9 Å². The number of nitrogens with one attached hydrogen (secondary N) is 1. The second-order valence-electron chi connectivity index (χ2n) is 6.98. The molecule has 150 valence electrons. The second-order valence-corrected chi connectivity index (χ2v) is 6.98. The lowest BCUT2D eigenvalue weighted by molar-refractivity contribution is 0.0950. The first-order valence-electron chi connectivity index (χ1n) is 9.76. The summed E-state index contributed by atoms with van der Waals surface area (Å²) in [6, 6.07) is 23.6. The Morgan fingerprint density at radius 2 is 1.87 bits per heavy atom. The van der Waals surface area contributed by atoms with Gasteiger partial charge in [0.2, 0.25) is 0 Å². The number of aromatic nitrogens is 2. The van der Waals surface area contributed by atoms with Gasteiger partial charge in [-0.25, -0.2) is 0 Å². The number of pyridine rings is 1. The number of carbonyl (C=O) groups is 1. The summed E-state index contributed by atoms with van der Waals surface area (Å²) in [7, 11) is 1.65. The Balaban J connectivity index is 1.75. The molecule has 0 aliphatic rings. The normalized spacial score (nSPS) is 10.6. The molecule has 5 heteroatoms. The van der Waals surface area contributed by atoms with Gasteiger partial charge in [-0.15, -0.1) is 0 Å². The lowest BCUT2D eigenvalue weighted by atomic mass is 10.1. The third-order valence-corrected chi connectivity index (χ3v) is 5.05. The molecule has 4 aromatic rings. The van der Waals surface area contributed by atoms with Crippen molar-refractivity contribution in [3.05, 3.63) is 102 Å². The number of benzene rings is 2. The van der Waals surface area contributed by atoms with Crippen LogP contribution in [0.4, 0.5) is 0 Å². The number of ether oxygens (including phenoxy) is 1. The number of nitrogens with zero attached hydrogens (tertiary/aromatic N) is 2. The Kier molecular flexibility index (Phi) is 5.61. The summed E-state index contributed by atoms with van der Waals surface area (Å²) in [6.45, 7) is 2.40. The molecule has 2 aromatic carbocycles. The third-order valence-electron chi connectivity index (χ3n) is 5.05. The predicted molar refractivity (Wildman–Crippen MR) is 118 cm³/mol. The van der Waals surface area contributed by atoms with Crippen molar-refractivity contribution >= 4 is 5.91 Å². The maximum atomic E-state index is 13.0. The van der Waals surface area contributed by atoms with Crippen molar-refractivity contribution in [1.29, 1.82) is 0 Å². The van der Waals surface area contributed by atoms with Gasteiger partial charge in [0, 0.05) is 35.9 Å². The van der Waals surface area contributed by atoms with Gasteiger partial charge in [-0.2, -0.15) is 0 Å². The molecule has 2 heterocycles. The SMILES string of the molecule is COc1cccc(-c2cc(C(=O)NCc3cccnc3)c(C)n2-c2ccccc2)c1. The Morgan fingerprint density at radius 1 is 1.03 bits per heavy atom. The molecule has 4 rings (SSSR count). The summed E-state index contributed by atoms with van der Waals surface area (Å²) in [5.41, 5.74) is 5.39. The van der Waals surface area contributed by atoms with Gasteiger partial charge in [-0.3, -0.25) is 9.78 Å². The minimum atomic E-state index is -0.116. The molecule has 0 saturated heterocycles. The summed E-state index contributed by atoms with van der Waals surface area (Å²) in [6.07, 6.45) is 3.47. The van der Waals surface area contributed by atoms with Crippen molar-refractivity contribution < 1.29 is 9.53 Å². The highest BCUT2D eigenvalue weighted by Crippen LogP contribution is 2.31. The number of amides is 1. The topological polar surface area (TPSA) is 56.1 Å². The summed E-state index contributed by atoms with van der Waals surface area (Å²) < 4.78 is 7.50. The average Bonchev–Trinajstić information content (AvgIpc) is 3.16. The van der Waals surface area contributed by atoms with Crippen LogP contribution in [0.1, 0.15) is 21.6 Å². The van der Waals surface area contributed by atoms with E-state index >= 15 is 0 Å². The first kappa shape index (κ1) is 19.5. The first-order chi connectivity index (χ1) is 14.7. The molecule has 0 spiro atoms. The predicted octanol–water partition coefficient (Wildman–Crippen LogP) is 4.79. The summed E-state index contributed by atoms with van der Waals surface area (Å²) in [4.78, 5) is 17.1. The van der Waals surface area contributed by atoms with Crippen LogP contribution < -0.4 is 10.1 Å². The Morgan fingerprint density at radius 3 is 2.60 bits per heavy atom. The van der Waals surface area contributed by atoms with Crippen molar-refractivity contribution in [2.75, 3.05) is 7.11 Å². The van der Waals surface area contributed by atoms with Crippen LogP contribution in [-0.2, 0) is 6.54 Å². The van der Waals surface area contributed by atoms with Gasteiger partial charge in [0.15, 0.2) is 0 Å². The zero-order valence-corrected chi connectivity index (χ0v) is 17.0. The molecule has 0 aliphatic heterocycles. The van der Waals surface area contributed by atoms with E-state index in [1.165, 1.54) is 0 Å². The minimum Gasteiger partial charge on any atom is -0.497 e. The standard InChI is InChI=1S/C25H23N3O2/c1-18-23(25(29)27-17-19-8-7-13-26-16-19)15-24(20-9-6-12-22(14-20)30-2)28(18)21-10-4-3-5-11-21/h3-16H,17H2,1-2H3,(H,27,29). The highest BCUT2D eigenvalue weighted by molar-refractivity contribution is 5.97. The van der Waals surface area contributed by atoms with Gasteiger partial charge >= 0.3 is 0 Å². The van der Waals surface area contributed by atoms with Crippen LogP contribution in [0.15, 0.2) is 85.2 Å². The van der Waals surface area contributed by atoms with Crippen LogP contribution in [0.2, 0.25) is 0 Å². The molecular formula is C25H23N3O2. The molecule has 5 nitrogen and oxygen atoms in total.